The minimum atomic E-state index is -0.508. The first-order valence-corrected chi connectivity index (χ1v) is 7.56. The number of esters is 1. The number of carbonyl (C=O) groups excluding carboxylic acids is 1. The normalized spacial score (nSPS) is 10.4. The molecule has 0 unspecified atom stereocenters. The molecule has 3 rings (SSSR count). The van der Waals surface area contributed by atoms with Gasteiger partial charge in [0.15, 0.2) is 11.5 Å². The average Bonchev–Trinajstić information content (AvgIpc) is 2.62. The van der Waals surface area contributed by atoms with E-state index in [1.807, 2.05) is 48.5 Å². The summed E-state index contributed by atoms with van der Waals surface area (Å²) in [5, 5.41) is 3.13. The molecule has 122 valence electrons. The van der Waals surface area contributed by atoms with Crippen LogP contribution in [0, 0.1) is 0 Å². The lowest BCUT2D eigenvalue weighted by molar-refractivity contribution is 0.0521. The molecule has 0 amide bonds. The molecular formula is C18H17N3O3. The van der Waals surface area contributed by atoms with E-state index in [9.17, 15) is 4.79 Å². The van der Waals surface area contributed by atoms with Crippen LogP contribution in [0.25, 0.3) is 11.0 Å². The van der Waals surface area contributed by atoms with Crippen LogP contribution in [0.1, 0.15) is 17.4 Å². The van der Waals surface area contributed by atoms with Gasteiger partial charge in [-0.3, -0.25) is 0 Å². The van der Waals surface area contributed by atoms with Crippen molar-refractivity contribution in [2.75, 3.05) is 19.0 Å². The van der Waals surface area contributed by atoms with Crippen LogP contribution in [-0.2, 0) is 4.74 Å². The quantitative estimate of drug-likeness (QED) is 0.724. The van der Waals surface area contributed by atoms with E-state index in [0.717, 1.165) is 11.4 Å². The second-order valence-corrected chi connectivity index (χ2v) is 4.98. The second kappa shape index (κ2) is 6.95. The fourth-order valence-corrected chi connectivity index (χ4v) is 2.24. The monoisotopic (exact) mass is 323 g/mol. The Kier molecular flexibility index (Phi) is 4.56. The Balaban J connectivity index is 2.02. The van der Waals surface area contributed by atoms with Crippen LogP contribution in [0.3, 0.4) is 0 Å². The molecule has 2 aromatic carbocycles. The number of para-hydroxylation sites is 2. The van der Waals surface area contributed by atoms with Crippen LogP contribution in [0.4, 0.5) is 11.5 Å². The molecule has 0 bridgehead atoms. The average molecular weight is 323 g/mol. The summed E-state index contributed by atoms with van der Waals surface area (Å²) in [5.41, 5.74) is 2.26. The molecule has 0 radical (unpaired) electrons. The molecule has 0 fully saturated rings. The number of rotatable bonds is 5. The highest BCUT2D eigenvalue weighted by Gasteiger charge is 2.17. The number of nitrogens with zero attached hydrogens (tertiary/aromatic N) is 2. The molecule has 6 heteroatoms. The van der Waals surface area contributed by atoms with Crippen molar-refractivity contribution in [3.63, 3.8) is 0 Å². The molecule has 0 saturated heterocycles. The Labute approximate surface area is 139 Å². The fourth-order valence-electron chi connectivity index (χ4n) is 2.24. The highest BCUT2D eigenvalue weighted by atomic mass is 16.5. The first-order valence-electron chi connectivity index (χ1n) is 7.56. The van der Waals surface area contributed by atoms with Crippen LogP contribution >= 0.6 is 0 Å². The predicted molar refractivity (Wildman–Crippen MR) is 91.8 cm³/mol. The molecule has 0 atom stereocenters. The summed E-state index contributed by atoms with van der Waals surface area (Å²) in [4.78, 5) is 21.1. The van der Waals surface area contributed by atoms with E-state index in [2.05, 4.69) is 15.3 Å². The Morgan fingerprint density at radius 3 is 2.33 bits per heavy atom. The lowest BCUT2D eigenvalue weighted by Gasteiger charge is -2.11. The van der Waals surface area contributed by atoms with Gasteiger partial charge in [-0.15, -0.1) is 0 Å². The van der Waals surface area contributed by atoms with Crippen molar-refractivity contribution in [3.8, 4) is 5.75 Å². The van der Waals surface area contributed by atoms with E-state index >= 15 is 0 Å². The van der Waals surface area contributed by atoms with E-state index in [0.29, 0.717) is 16.9 Å². The van der Waals surface area contributed by atoms with E-state index < -0.39 is 5.97 Å². The van der Waals surface area contributed by atoms with Gasteiger partial charge in [-0.05, 0) is 43.3 Å². The molecule has 0 aliphatic heterocycles. The zero-order chi connectivity index (χ0) is 16.9. The van der Waals surface area contributed by atoms with Crippen molar-refractivity contribution in [1.29, 1.82) is 0 Å². The maximum absolute atomic E-state index is 12.2. The summed E-state index contributed by atoms with van der Waals surface area (Å²) in [6, 6.07) is 14.7. The van der Waals surface area contributed by atoms with E-state index in [1.54, 1.807) is 14.0 Å². The predicted octanol–water partition coefficient (Wildman–Crippen LogP) is 3.56. The number of hydrogen-bond donors (Lipinski definition) is 1. The van der Waals surface area contributed by atoms with Gasteiger partial charge in [0.2, 0.25) is 0 Å². The van der Waals surface area contributed by atoms with Crippen LogP contribution < -0.4 is 10.1 Å². The largest absolute Gasteiger partial charge is 0.497 e. The summed E-state index contributed by atoms with van der Waals surface area (Å²) in [6.07, 6.45) is 0. The van der Waals surface area contributed by atoms with E-state index in [4.69, 9.17) is 9.47 Å². The fraction of sp³-hybridized carbons (Fsp3) is 0.167. The Morgan fingerprint density at radius 2 is 1.71 bits per heavy atom. The number of nitrogens with one attached hydrogen (secondary N) is 1. The van der Waals surface area contributed by atoms with Crippen LogP contribution in [0.2, 0.25) is 0 Å². The van der Waals surface area contributed by atoms with Gasteiger partial charge in [-0.1, -0.05) is 12.1 Å². The summed E-state index contributed by atoms with van der Waals surface area (Å²) in [5.74, 6) is 0.597. The van der Waals surface area contributed by atoms with Crippen molar-refractivity contribution < 1.29 is 14.3 Å². The molecule has 24 heavy (non-hydrogen) atoms. The molecule has 1 heterocycles. The number of ether oxygens (including phenoxy) is 2. The molecule has 3 aromatic rings. The third-order valence-corrected chi connectivity index (χ3v) is 3.39. The van der Waals surface area contributed by atoms with Crippen molar-refractivity contribution in [2.24, 2.45) is 0 Å². The number of fused-ring (bicyclic) bond motifs is 1. The van der Waals surface area contributed by atoms with Gasteiger partial charge in [0, 0.05) is 5.69 Å². The van der Waals surface area contributed by atoms with Gasteiger partial charge in [0.25, 0.3) is 0 Å². The summed E-state index contributed by atoms with van der Waals surface area (Å²) < 4.78 is 10.2. The molecule has 0 saturated carbocycles. The van der Waals surface area contributed by atoms with Gasteiger partial charge in [-0.25, -0.2) is 14.8 Å². The number of methoxy groups -OCH3 is 1. The Bertz CT molecular complexity index is 863. The minimum absolute atomic E-state index is 0.159. The smallest absolute Gasteiger partial charge is 0.360 e. The highest BCUT2D eigenvalue weighted by molar-refractivity contribution is 5.96. The van der Waals surface area contributed by atoms with Crippen molar-refractivity contribution >= 4 is 28.5 Å². The van der Waals surface area contributed by atoms with Crippen molar-refractivity contribution in [1.82, 2.24) is 9.97 Å². The first-order chi connectivity index (χ1) is 11.7. The molecular weight excluding hydrogens is 306 g/mol. The number of anilines is 2. The molecule has 0 spiro atoms. The molecule has 0 aliphatic rings. The van der Waals surface area contributed by atoms with E-state index in [1.165, 1.54) is 0 Å². The third-order valence-electron chi connectivity index (χ3n) is 3.39. The maximum atomic E-state index is 12.2. The molecule has 6 nitrogen and oxygen atoms in total. The van der Waals surface area contributed by atoms with Crippen molar-refractivity contribution in [3.05, 3.63) is 54.2 Å². The van der Waals surface area contributed by atoms with Gasteiger partial charge < -0.3 is 14.8 Å². The molecule has 1 aromatic heterocycles. The second-order valence-electron chi connectivity index (χ2n) is 4.98. The van der Waals surface area contributed by atoms with Crippen LogP contribution in [0.5, 0.6) is 5.75 Å². The van der Waals surface area contributed by atoms with E-state index in [-0.39, 0.29) is 12.3 Å². The van der Waals surface area contributed by atoms with Gasteiger partial charge in [0.05, 0.1) is 24.8 Å². The number of aromatic nitrogens is 2. The van der Waals surface area contributed by atoms with Gasteiger partial charge in [0.1, 0.15) is 5.75 Å². The standard InChI is InChI=1S/C18H17N3O3/c1-3-24-18(22)16-17(19-12-8-10-13(23-2)11-9-12)21-15-7-5-4-6-14(15)20-16/h4-11H,3H2,1-2H3,(H,19,21). The highest BCUT2D eigenvalue weighted by Crippen LogP contribution is 2.23. The maximum Gasteiger partial charge on any atom is 0.360 e. The summed E-state index contributed by atoms with van der Waals surface area (Å²) >= 11 is 0. The lowest BCUT2D eigenvalue weighted by atomic mass is 10.2. The zero-order valence-corrected chi connectivity index (χ0v) is 13.4. The third kappa shape index (κ3) is 3.27. The van der Waals surface area contributed by atoms with Crippen molar-refractivity contribution in [2.45, 2.75) is 6.92 Å². The first kappa shape index (κ1) is 15.7. The number of carbonyl (C=O) groups is 1. The number of benzene rings is 2. The SMILES string of the molecule is CCOC(=O)c1nc2ccccc2nc1Nc1ccc(OC)cc1. The number of hydrogen-bond acceptors (Lipinski definition) is 6. The van der Waals surface area contributed by atoms with Crippen LogP contribution in [0.15, 0.2) is 48.5 Å². The Morgan fingerprint density at radius 1 is 1.04 bits per heavy atom. The summed E-state index contributed by atoms with van der Waals surface area (Å²) in [6.45, 7) is 2.03. The Hall–Kier alpha value is -3.15. The lowest BCUT2D eigenvalue weighted by Crippen LogP contribution is -2.12. The molecule has 1 N–H and O–H groups in total. The topological polar surface area (TPSA) is 73.3 Å². The minimum Gasteiger partial charge on any atom is -0.497 e. The van der Waals surface area contributed by atoms with Gasteiger partial charge in [-0.2, -0.15) is 0 Å². The van der Waals surface area contributed by atoms with Gasteiger partial charge >= 0.3 is 5.97 Å². The summed E-state index contributed by atoms with van der Waals surface area (Å²) in [7, 11) is 1.61. The zero-order valence-electron chi connectivity index (χ0n) is 13.4. The molecule has 0 aliphatic carbocycles. The van der Waals surface area contributed by atoms with Crippen LogP contribution in [-0.4, -0.2) is 29.7 Å².